The van der Waals surface area contributed by atoms with Crippen molar-refractivity contribution in [3.63, 3.8) is 0 Å². The first-order valence-corrected chi connectivity index (χ1v) is 6.86. The molecule has 1 aromatic rings. The van der Waals surface area contributed by atoms with E-state index in [2.05, 4.69) is 0 Å². The molecule has 0 amide bonds. The number of aliphatic hydroxyl groups is 1. The van der Waals surface area contributed by atoms with Crippen molar-refractivity contribution in [1.82, 2.24) is 0 Å². The second-order valence-corrected chi connectivity index (χ2v) is 5.57. The fourth-order valence-electron chi connectivity index (χ4n) is 2.75. The monoisotopic (exact) mass is 318 g/mol. The zero-order chi connectivity index (χ0) is 15.8. The van der Waals surface area contributed by atoms with Crippen LogP contribution in [0.5, 0.6) is 0 Å². The smallest absolute Gasteiger partial charge is 0.382 e. The van der Waals surface area contributed by atoms with Gasteiger partial charge in [-0.3, -0.25) is 0 Å². The molecule has 1 saturated heterocycles. The van der Waals surface area contributed by atoms with E-state index in [1.54, 1.807) is 13.0 Å². The van der Waals surface area contributed by atoms with Gasteiger partial charge >= 0.3 is 6.18 Å². The molecule has 1 unspecified atom stereocenters. The van der Waals surface area contributed by atoms with Gasteiger partial charge in [0.05, 0.1) is 16.6 Å². The van der Waals surface area contributed by atoms with Gasteiger partial charge in [-0.1, -0.05) is 11.6 Å². The van der Waals surface area contributed by atoms with Crippen molar-refractivity contribution in [2.75, 3.05) is 4.90 Å². The Labute approximate surface area is 125 Å². The molecule has 3 nitrogen and oxygen atoms in total. The maximum Gasteiger partial charge on any atom is 0.416 e. The molecule has 1 aliphatic heterocycles. The first-order valence-electron chi connectivity index (χ1n) is 6.48. The molecule has 7 heteroatoms. The van der Waals surface area contributed by atoms with Gasteiger partial charge in [-0.05, 0) is 38.0 Å². The first-order chi connectivity index (χ1) is 9.75. The lowest BCUT2D eigenvalue weighted by Crippen LogP contribution is -2.48. The lowest BCUT2D eigenvalue weighted by Gasteiger charge is -2.34. The van der Waals surface area contributed by atoms with Crippen LogP contribution in [0.4, 0.5) is 18.9 Å². The van der Waals surface area contributed by atoms with Gasteiger partial charge in [0.2, 0.25) is 0 Å². The van der Waals surface area contributed by atoms with E-state index in [-0.39, 0.29) is 23.0 Å². The van der Waals surface area contributed by atoms with E-state index in [1.807, 2.05) is 6.07 Å². The zero-order valence-corrected chi connectivity index (χ0v) is 12.0. The van der Waals surface area contributed by atoms with Crippen molar-refractivity contribution < 1.29 is 18.3 Å². The van der Waals surface area contributed by atoms with Gasteiger partial charge in [0, 0.05) is 11.7 Å². The molecule has 0 saturated carbocycles. The second-order valence-electron chi connectivity index (χ2n) is 5.16. The summed E-state index contributed by atoms with van der Waals surface area (Å²) in [5.74, 6) is 0. The van der Waals surface area contributed by atoms with Crippen LogP contribution >= 0.6 is 11.6 Å². The molecule has 3 atom stereocenters. The van der Waals surface area contributed by atoms with Gasteiger partial charge in [0.15, 0.2) is 6.10 Å². The summed E-state index contributed by atoms with van der Waals surface area (Å²) < 4.78 is 38.3. The van der Waals surface area contributed by atoms with Gasteiger partial charge in [0.1, 0.15) is 6.07 Å². The Balaban J connectivity index is 2.35. The highest BCUT2D eigenvalue weighted by molar-refractivity contribution is 6.32. The van der Waals surface area contributed by atoms with Crippen LogP contribution < -0.4 is 4.90 Å². The lowest BCUT2D eigenvalue weighted by molar-refractivity contribution is -0.209. The molecule has 114 valence electrons. The molecule has 0 spiro atoms. The normalized spacial score (nSPS) is 24.0. The molecular weight excluding hydrogens is 305 g/mol. The summed E-state index contributed by atoms with van der Waals surface area (Å²) in [5.41, 5.74) is 0.748. The molecule has 1 aromatic carbocycles. The van der Waals surface area contributed by atoms with E-state index in [4.69, 9.17) is 16.9 Å². The summed E-state index contributed by atoms with van der Waals surface area (Å²) in [5, 5.41) is 18.6. The highest BCUT2D eigenvalue weighted by atomic mass is 35.5. The Morgan fingerprint density at radius 3 is 2.62 bits per heavy atom. The summed E-state index contributed by atoms with van der Waals surface area (Å²) in [4.78, 5) is 1.53. The predicted molar refractivity (Wildman–Crippen MR) is 73.2 cm³/mol. The van der Waals surface area contributed by atoms with Gasteiger partial charge < -0.3 is 10.0 Å². The van der Waals surface area contributed by atoms with Crippen LogP contribution in [-0.2, 0) is 0 Å². The van der Waals surface area contributed by atoms with Crippen LogP contribution in [0.1, 0.15) is 25.3 Å². The van der Waals surface area contributed by atoms with Crippen molar-refractivity contribution in [2.24, 2.45) is 0 Å². The number of rotatable bonds is 2. The maximum atomic E-state index is 12.8. The highest BCUT2D eigenvalue weighted by Gasteiger charge is 2.48. The van der Waals surface area contributed by atoms with E-state index in [0.29, 0.717) is 12.1 Å². The number of halogens is 4. The van der Waals surface area contributed by atoms with Gasteiger partial charge in [-0.15, -0.1) is 0 Å². The van der Waals surface area contributed by atoms with E-state index in [0.717, 1.165) is 0 Å². The largest absolute Gasteiger partial charge is 0.416 e. The molecule has 0 aromatic heterocycles. The third-order valence-electron chi connectivity index (χ3n) is 3.78. The summed E-state index contributed by atoms with van der Waals surface area (Å²) in [6.07, 6.45) is -6.27. The van der Waals surface area contributed by atoms with Crippen molar-refractivity contribution in [2.45, 2.75) is 44.1 Å². The standard InChI is InChI=1S/C14H14ClF3N2O/c1-8-2-5-12(13(21)14(16,17)18)20(8)10-4-3-9(7-19)11(15)6-10/h3-4,6,8,12-13,21H,2,5H2,1H3/t8-,12-,13?/m1/s1. The number of nitrogens with zero attached hydrogens (tertiary/aromatic N) is 2. The van der Waals surface area contributed by atoms with Crippen LogP contribution in [0.2, 0.25) is 5.02 Å². The minimum Gasteiger partial charge on any atom is -0.382 e. The summed E-state index contributed by atoms with van der Waals surface area (Å²) >= 11 is 5.94. The van der Waals surface area contributed by atoms with Crippen molar-refractivity contribution >= 4 is 17.3 Å². The number of nitriles is 1. The minimum absolute atomic E-state index is 0.143. The third-order valence-corrected chi connectivity index (χ3v) is 4.10. The number of hydrogen-bond acceptors (Lipinski definition) is 3. The van der Waals surface area contributed by atoms with Crippen LogP contribution in [0, 0.1) is 11.3 Å². The number of benzene rings is 1. The van der Waals surface area contributed by atoms with Gasteiger partial charge in [-0.25, -0.2) is 0 Å². The topological polar surface area (TPSA) is 47.3 Å². The molecule has 1 heterocycles. The molecule has 2 rings (SSSR count). The number of aliphatic hydroxyl groups excluding tert-OH is 1. The Morgan fingerprint density at radius 2 is 2.10 bits per heavy atom. The fraction of sp³-hybridized carbons (Fsp3) is 0.500. The minimum atomic E-state index is -4.66. The Kier molecular flexibility index (Phi) is 4.35. The Hall–Kier alpha value is -1.45. The summed E-state index contributed by atoms with van der Waals surface area (Å²) in [6.45, 7) is 1.80. The van der Waals surface area contributed by atoms with Crippen molar-refractivity contribution in [1.29, 1.82) is 5.26 Å². The van der Waals surface area contributed by atoms with E-state index >= 15 is 0 Å². The number of hydrogen-bond donors (Lipinski definition) is 1. The van der Waals surface area contributed by atoms with Crippen LogP contribution in [0.3, 0.4) is 0 Å². The number of anilines is 1. The van der Waals surface area contributed by atoms with Gasteiger partial charge in [-0.2, -0.15) is 18.4 Å². The third kappa shape index (κ3) is 3.09. The SMILES string of the molecule is C[C@@H]1CC[C@H](C(O)C(F)(F)F)N1c1ccc(C#N)c(Cl)c1. The van der Waals surface area contributed by atoms with Crippen LogP contribution in [0.25, 0.3) is 0 Å². The molecule has 0 bridgehead atoms. The lowest BCUT2D eigenvalue weighted by atomic mass is 10.1. The highest BCUT2D eigenvalue weighted by Crippen LogP contribution is 2.37. The molecule has 0 aliphatic carbocycles. The Morgan fingerprint density at radius 1 is 1.43 bits per heavy atom. The van der Waals surface area contributed by atoms with E-state index < -0.39 is 18.3 Å². The molecular formula is C14H14ClF3N2O. The van der Waals surface area contributed by atoms with Gasteiger partial charge in [0.25, 0.3) is 0 Å². The Bertz CT molecular complexity index is 570. The molecule has 1 N–H and O–H groups in total. The fourth-order valence-corrected chi connectivity index (χ4v) is 2.96. The molecule has 21 heavy (non-hydrogen) atoms. The van der Waals surface area contributed by atoms with E-state index in [9.17, 15) is 18.3 Å². The zero-order valence-electron chi connectivity index (χ0n) is 11.2. The summed E-state index contributed by atoms with van der Waals surface area (Å²) in [6, 6.07) is 5.22. The van der Waals surface area contributed by atoms with Crippen LogP contribution in [0.15, 0.2) is 18.2 Å². The second kappa shape index (κ2) is 5.74. The predicted octanol–water partition coefficient (Wildman–Crippen LogP) is 3.49. The van der Waals surface area contributed by atoms with Crippen molar-refractivity contribution in [3.05, 3.63) is 28.8 Å². The molecule has 1 fully saturated rings. The average molecular weight is 319 g/mol. The maximum absolute atomic E-state index is 12.8. The average Bonchev–Trinajstić information content (AvgIpc) is 2.78. The van der Waals surface area contributed by atoms with E-state index in [1.165, 1.54) is 17.0 Å². The van der Waals surface area contributed by atoms with Crippen molar-refractivity contribution in [3.8, 4) is 6.07 Å². The molecule has 0 radical (unpaired) electrons. The quantitative estimate of drug-likeness (QED) is 0.908. The molecule has 1 aliphatic rings. The first kappa shape index (κ1) is 15.9. The number of alkyl halides is 3. The summed E-state index contributed by atoms with van der Waals surface area (Å²) in [7, 11) is 0. The van der Waals surface area contributed by atoms with Crippen LogP contribution in [-0.4, -0.2) is 29.5 Å².